The number of aryl methyl sites for hydroxylation is 1. The van der Waals surface area contributed by atoms with Crippen LogP contribution in [0, 0.1) is 6.92 Å². The molecule has 2 aromatic rings. The molecule has 0 amide bonds. The molecule has 0 fully saturated rings. The van der Waals surface area contributed by atoms with Crippen LogP contribution in [0.25, 0.3) is 0 Å². The number of nitrogens with one attached hydrogen (secondary N) is 1. The van der Waals surface area contributed by atoms with Crippen molar-refractivity contribution in [1.29, 1.82) is 0 Å². The van der Waals surface area contributed by atoms with Crippen LogP contribution in [-0.4, -0.2) is 14.2 Å². The maximum Gasteiger partial charge on any atom is 0.142 e. The van der Waals surface area contributed by atoms with E-state index in [4.69, 9.17) is 21.1 Å². The van der Waals surface area contributed by atoms with Gasteiger partial charge < -0.3 is 14.8 Å². The van der Waals surface area contributed by atoms with Crippen molar-refractivity contribution in [2.45, 2.75) is 19.9 Å². The second kappa shape index (κ2) is 6.72. The average Bonchev–Trinajstić information content (AvgIpc) is 2.47. The van der Waals surface area contributed by atoms with Crippen LogP contribution in [0.1, 0.15) is 24.1 Å². The van der Waals surface area contributed by atoms with E-state index in [0.29, 0.717) is 5.02 Å². The fraction of sp³-hybridized carbons (Fsp3) is 0.294. The van der Waals surface area contributed by atoms with Gasteiger partial charge in [-0.25, -0.2) is 0 Å². The lowest BCUT2D eigenvalue weighted by Crippen LogP contribution is -2.09. The third-order valence-corrected chi connectivity index (χ3v) is 3.62. The van der Waals surface area contributed by atoms with Gasteiger partial charge in [0.25, 0.3) is 0 Å². The minimum Gasteiger partial charge on any atom is -0.496 e. The van der Waals surface area contributed by atoms with Gasteiger partial charge in [0.05, 0.1) is 25.9 Å². The van der Waals surface area contributed by atoms with Crippen LogP contribution in [0.15, 0.2) is 36.4 Å². The number of halogens is 1. The van der Waals surface area contributed by atoms with Crippen LogP contribution in [0.2, 0.25) is 5.02 Å². The Morgan fingerprint density at radius 3 is 2.33 bits per heavy atom. The Bertz CT molecular complexity index is 628. The first-order valence-corrected chi connectivity index (χ1v) is 7.17. The molecule has 1 unspecified atom stereocenters. The minimum absolute atomic E-state index is 0.0622. The van der Waals surface area contributed by atoms with Crippen molar-refractivity contribution in [2.24, 2.45) is 0 Å². The second-order valence-corrected chi connectivity index (χ2v) is 5.39. The second-order valence-electron chi connectivity index (χ2n) is 4.96. The summed E-state index contributed by atoms with van der Waals surface area (Å²) in [6, 6.07) is 11.7. The fourth-order valence-corrected chi connectivity index (χ4v) is 2.47. The summed E-state index contributed by atoms with van der Waals surface area (Å²) in [7, 11) is 3.33. The maximum atomic E-state index is 6.07. The van der Waals surface area contributed by atoms with Crippen LogP contribution in [-0.2, 0) is 0 Å². The van der Waals surface area contributed by atoms with E-state index in [1.54, 1.807) is 14.2 Å². The van der Waals surface area contributed by atoms with Crippen molar-refractivity contribution in [3.8, 4) is 11.5 Å². The topological polar surface area (TPSA) is 30.5 Å². The predicted molar refractivity (Wildman–Crippen MR) is 87.8 cm³/mol. The number of hydrogen-bond acceptors (Lipinski definition) is 3. The van der Waals surface area contributed by atoms with Gasteiger partial charge >= 0.3 is 0 Å². The highest BCUT2D eigenvalue weighted by Gasteiger charge is 2.14. The molecule has 112 valence electrons. The Morgan fingerprint density at radius 2 is 1.67 bits per heavy atom. The monoisotopic (exact) mass is 305 g/mol. The molecule has 0 bridgehead atoms. The normalized spacial score (nSPS) is 11.9. The summed E-state index contributed by atoms with van der Waals surface area (Å²) in [5.41, 5.74) is 3.15. The molecule has 0 aliphatic carbocycles. The van der Waals surface area contributed by atoms with E-state index in [-0.39, 0.29) is 6.04 Å². The molecule has 0 radical (unpaired) electrons. The lowest BCUT2D eigenvalue weighted by molar-refractivity contribution is 0.407. The van der Waals surface area contributed by atoms with E-state index in [2.05, 4.69) is 25.2 Å². The first-order chi connectivity index (χ1) is 10.0. The van der Waals surface area contributed by atoms with Gasteiger partial charge in [0.15, 0.2) is 0 Å². The summed E-state index contributed by atoms with van der Waals surface area (Å²) in [6.45, 7) is 4.15. The predicted octanol–water partition coefficient (Wildman–Crippen LogP) is 4.84. The van der Waals surface area contributed by atoms with Crippen molar-refractivity contribution in [3.63, 3.8) is 0 Å². The summed E-state index contributed by atoms with van der Waals surface area (Å²) in [5, 5.41) is 4.10. The molecule has 2 aromatic carbocycles. The molecule has 4 heteroatoms. The van der Waals surface area contributed by atoms with Crippen LogP contribution >= 0.6 is 11.6 Å². The SMILES string of the molecule is COc1ccc(Cl)cc1NC(C)c1cc(C)ccc1OC. The van der Waals surface area contributed by atoms with Crippen molar-refractivity contribution in [2.75, 3.05) is 19.5 Å². The first kappa shape index (κ1) is 15.5. The Kier molecular flexibility index (Phi) is 4.97. The molecule has 21 heavy (non-hydrogen) atoms. The highest BCUT2D eigenvalue weighted by Crippen LogP contribution is 2.33. The van der Waals surface area contributed by atoms with Crippen LogP contribution in [0.4, 0.5) is 5.69 Å². The largest absolute Gasteiger partial charge is 0.496 e. The zero-order valence-corrected chi connectivity index (χ0v) is 13.5. The van der Waals surface area contributed by atoms with Crippen molar-refractivity contribution in [1.82, 2.24) is 0 Å². The number of benzene rings is 2. The third kappa shape index (κ3) is 3.61. The van der Waals surface area contributed by atoms with Crippen molar-refractivity contribution < 1.29 is 9.47 Å². The van der Waals surface area contributed by atoms with E-state index in [1.807, 2.05) is 30.3 Å². The quantitative estimate of drug-likeness (QED) is 0.857. The number of methoxy groups -OCH3 is 2. The summed E-state index contributed by atoms with van der Waals surface area (Å²) >= 11 is 6.07. The summed E-state index contributed by atoms with van der Waals surface area (Å²) in [6.07, 6.45) is 0. The van der Waals surface area contributed by atoms with Gasteiger partial charge in [0.2, 0.25) is 0 Å². The van der Waals surface area contributed by atoms with E-state index in [1.165, 1.54) is 5.56 Å². The number of hydrogen-bond donors (Lipinski definition) is 1. The molecule has 0 aliphatic heterocycles. The smallest absolute Gasteiger partial charge is 0.142 e. The van der Waals surface area contributed by atoms with Crippen molar-refractivity contribution in [3.05, 3.63) is 52.5 Å². The highest BCUT2D eigenvalue weighted by atomic mass is 35.5. The molecule has 0 aliphatic rings. The van der Waals surface area contributed by atoms with Crippen LogP contribution in [0.3, 0.4) is 0 Å². The molecule has 3 nitrogen and oxygen atoms in total. The number of anilines is 1. The molecular weight excluding hydrogens is 286 g/mol. The molecule has 1 N–H and O–H groups in total. The van der Waals surface area contributed by atoms with Gasteiger partial charge in [-0.1, -0.05) is 29.3 Å². The van der Waals surface area contributed by atoms with Crippen LogP contribution < -0.4 is 14.8 Å². The number of ether oxygens (including phenoxy) is 2. The zero-order valence-electron chi connectivity index (χ0n) is 12.7. The van der Waals surface area contributed by atoms with Gasteiger partial charge in [0.1, 0.15) is 11.5 Å². The zero-order chi connectivity index (χ0) is 15.4. The lowest BCUT2D eigenvalue weighted by Gasteiger charge is -2.20. The van der Waals surface area contributed by atoms with Gasteiger partial charge in [-0.15, -0.1) is 0 Å². The van der Waals surface area contributed by atoms with Gasteiger partial charge in [-0.2, -0.15) is 0 Å². The molecule has 0 heterocycles. The van der Waals surface area contributed by atoms with Gasteiger partial charge in [-0.3, -0.25) is 0 Å². The molecule has 2 rings (SSSR count). The fourth-order valence-electron chi connectivity index (χ4n) is 2.30. The van der Waals surface area contributed by atoms with E-state index in [9.17, 15) is 0 Å². The molecule has 0 saturated carbocycles. The molecule has 0 saturated heterocycles. The molecule has 1 atom stereocenters. The minimum atomic E-state index is 0.0622. The summed E-state index contributed by atoms with van der Waals surface area (Å²) < 4.78 is 10.8. The van der Waals surface area contributed by atoms with E-state index >= 15 is 0 Å². The molecule has 0 spiro atoms. The summed E-state index contributed by atoms with van der Waals surface area (Å²) in [4.78, 5) is 0. The van der Waals surface area contributed by atoms with Crippen molar-refractivity contribution >= 4 is 17.3 Å². The Balaban J connectivity index is 2.31. The Morgan fingerprint density at radius 1 is 1.00 bits per heavy atom. The van der Waals surface area contributed by atoms with Gasteiger partial charge in [0, 0.05) is 10.6 Å². The molecule has 0 aromatic heterocycles. The van der Waals surface area contributed by atoms with Crippen LogP contribution in [0.5, 0.6) is 11.5 Å². The standard InChI is InChI=1S/C17H20ClNO2/c1-11-5-7-16(20-3)14(9-11)12(2)19-15-10-13(18)6-8-17(15)21-4/h5-10,12,19H,1-4H3. The number of rotatable bonds is 5. The highest BCUT2D eigenvalue weighted by molar-refractivity contribution is 6.30. The third-order valence-electron chi connectivity index (χ3n) is 3.39. The first-order valence-electron chi connectivity index (χ1n) is 6.79. The average molecular weight is 306 g/mol. The Labute approximate surface area is 130 Å². The summed E-state index contributed by atoms with van der Waals surface area (Å²) in [5.74, 6) is 1.62. The maximum absolute atomic E-state index is 6.07. The van der Waals surface area contributed by atoms with E-state index in [0.717, 1.165) is 22.7 Å². The lowest BCUT2D eigenvalue weighted by atomic mass is 10.0. The Hall–Kier alpha value is -1.87. The molecular formula is C17H20ClNO2. The van der Waals surface area contributed by atoms with Gasteiger partial charge in [-0.05, 0) is 38.1 Å². The van der Waals surface area contributed by atoms with E-state index < -0.39 is 0 Å².